The highest BCUT2D eigenvalue weighted by Crippen LogP contribution is 2.29. The monoisotopic (exact) mass is 239 g/mol. The summed E-state index contributed by atoms with van der Waals surface area (Å²) < 4.78 is 1.03. The zero-order chi connectivity index (χ0) is 11.5. The maximum Gasteiger partial charge on any atom is 0.106 e. The molecule has 0 bridgehead atoms. The van der Waals surface area contributed by atoms with E-state index in [2.05, 4.69) is 10.3 Å². The normalized spacial score (nSPS) is 12.9. The molecule has 0 aliphatic rings. The number of nitrogens with two attached hydrogens (primary N) is 1. The van der Waals surface area contributed by atoms with Crippen LogP contribution in [0.1, 0.15) is 0 Å². The summed E-state index contributed by atoms with van der Waals surface area (Å²) in [6, 6.07) is 3.77. The van der Waals surface area contributed by atoms with Crippen LogP contribution in [-0.4, -0.2) is 34.5 Å². The lowest BCUT2D eigenvalue weighted by Gasteiger charge is -2.12. The Kier molecular flexibility index (Phi) is 3.23. The van der Waals surface area contributed by atoms with Crippen molar-refractivity contribution in [3.8, 4) is 0 Å². The van der Waals surface area contributed by atoms with Crippen LogP contribution in [0.5, 0.6) is 0 Å². The Morgan fingerprint density at radius 1 is 1.50 bits per heavy atom. The summed E-state index contributed by atoms with van der Waals surface area (Å²) in [5.74, 6) is 0. The van der Waals surface area contributed by atoms with Gasteiger partial charge in [0.05, 0.1) is 34.3 Å². The molecule has 1 unspecified atom stereocenters. The maximum absolute atomic E-state index is 9.22. The molecular formula is C10H13N3O2S. The fourth-order valence-electron chi connectivity index (χ4n) is 1.40. The minimum absolute atomic E-state index is 0.260. The Hall–Kier alpha value is -1.37. The van der Waals surface area contributed by atoms with Crippen LogP contribution < -0.4 is 11.1 Å². The third-order valence-electron chi connectivity index (χ3n) is 2.28. The molecule has 86 valence electrons. The average Bonchev–Trinajstić information content (AvgIpc) is 2.76. The Bertz CT molecular complexity index is 486. The molecule has 1 atom stereocenters. The number of fused-ring (bicyclic) bond motifs is 1. The third-order valence-corrected chi connectivity index (χ3v) is 3.07. The van der Waals surface area contributed by atoms with E-state index >= 15 is 0 Å². The predicted octanol–water partition coefficient (Wildman–Crippen LogP) is 0.644. The SMILES string of the molecule is Nc1c(NCC(O)CO)ccc2scnc12. The highest BCUT2D eigenvalue weighted by Gasteiger charge is 2.08. The van der Waals surface area contributed by atoms with E-state index < -0.39 is 6.10 Å². The van der Waals surface area contributed by atoms with Crippen molar-refractivity contribution in [2.24, 2.45) is 0 Å². The number of aliphatic hydroxyl groups excluding tert-OH is 2. The first-order chi connectivity index (χ1) is 7.72. The maximum atomic E-state index is 9.22. The van der Waals surface area contributed by atoms with Crippen LogP contribution in [0.25, 0.3) is 10.2 Å². The summed E-state index contributed by atoms with van der Waals surface area (Å²) in [4.78, 5) is 4.17. The third kappa shape index (κ3) is 2.08. The molecule has 5 nitrogen and oxygen atoms in total. The molecular weight excluding hydrogens is 226 g/mol. The van der Waals surface area contributed by atoms with E-state index in [4.69, 9.17) is 10.8 Å². The molecule has 0 amide bonds. The van der Waals surface area contributed by atoms with Gasteiger partial charge in [0.25, 0.3) is 0 Å². The van der Waals surface area contributed by atoms with Gasteiger partial charge in [-0.2, -0.15) is 0 Å². The molecule has 0 aliphatic carbocycles. The van der Waals surface area contributed by atoms with Crippen LogP contribution in [0.4, 0.5) is 11.4 Å². The molecule has 2 aromatic rings. The Morgan fingerprint density at radius 2 is 2.31 bits per heavy atom. The Labute approximate surface area is 96.5 Å². The van der Waals surface area contributed by atoms with Crippen molar-refractivity contribution in [1.29, 1.82) is 0 Å². The van der Waals surface area contributed by atoms with Crippen molar-refractivity contribution < 1.29 is 10.2 Å². The van der Waals surface area contributed by atoms with Crippen molar-refractivity contribution >= 4 is 32.9 Å². The fourth-order valence-corrected chi connectivity index (χ4v) is 2.09. The highest BCUT2D eigenvalue weighted by atomic mass is 32.1. The largest absolute Gasteiger partial charge is 0.395 e. The van der Waals surface area contributed by atoms with Crippen LogP contribution in [-0.2, 0) is 0 Å². The molecule has 2 rings (SSSR count). The number of nitrogens with one attached hydrogen (secondary N) is 1. The Morgan fingerprint density at radius 3 is 3.06 bits per heavy atom. The standard InChI is InChI=1S/C10H13N3O2S/c11-9-7(12-3-6(15)4-14)1-2-8-10(9)13-5-16-8/h1-2,5-6,12,14-15H,3-4,11H2. The number of anilines is 2. The summed E-state index contributed by atoms with van der Waals surface area (Å²) in [7, 11) is 0. The first kappa shape index (κ1) is 11.1. The summed E-state index contributed by atoms with van der Waals surface area (Å²) in [5.41, 5.74) is 9.74. The van der Waals surface area contributed by atoms with E-state index in [0.717, 1.165) is 15.9 Å². The van der Waals surface area contributed by atoms with Gasteiger partial charge in [-0.25, -0.2) is 4.98 Å². The molecule has 1 aromatic heterocycles. The number of nitrogen functional groups attached to an aromatic ring is 1. The van der Waals surface area contributed by atoms with Gasteiger partial charge in [0.15, 0.2) is 0 Å². The van der Waals surface area contributed by atoms with E-state index in [1.54, 1.807) is 5.51 Å². The van der Waals surface area contributed by atoms with E-state index in [9.17, 15) is 5.11 Å². The van der Waals surface area contributed by atoms with Crippen LogP contribution in [0.3, 0.4) is 0 Å². The molecule has 1 aromatic carbocycles. The molecule has 16 heavy (non-hydrogen) atoms. The van der Waals surface area contributed by atoms with Crippen molar-refractivity contribution in [3.63, 3.8) is 0 Å². The molecule has 0 saturated heterocycles. The van der Waals surface area contributed by atoms with Crippen molar-refractivity contribution in [1.82, 2.24) is 4.98 Å². The van der Waals surface area contributed by atoms with Gasteiger partial charge in [-0.15, -0.1) is 11.3 Å². The van der Waals surface area contributed by atoms with E-state index in [0.29, 0.717) is 5.69 Å². The van der Waals surface area contributed by atoms with Crippen LogP contribution >= 0.6 is 11.3 Å². The minimum atomic E-state index is -0.787. The first-order valence-corrected chi connectivity index (χ1v) is 5.75. The number of thiazole rings is 1. The number of aliphatic hydroxyl groups is 2. The van der Waals surface area contributed by atoms with Gasteiger partial charge in [0.1, 0.15) is 5.52 Å². The molecule has 0 saturated carbocycles. The first-order valence-electron chi connectivity index (χ1n) is 4.87. The highest BCUT2D eigenvalue weighted by molar-refractivity contribution is 7.16. The second-order valence-corrected chi connectivity index (χ2v) is 4.33. The number of hydrogen-bond donors (Lipinski definition) is 4. The topological polar surface area (TPSA) is 91.4 Å². The van der Waals surface area contributed by atoms with E-state index in [-0.39, 0.29) is 13.2 Å². The summed E-state index contributed by atoms with van der Waals surface area (Å²) >= 11 is 1.53. The van der Waals surface area contributed by atoms with Crippen LogP contribution in [0.2, 0.25) is 0 Å². The lowest BCUT2D eigenvalue weighted by Crippen LogP contribution is -2.23. The number of nitrogens with zero attached hydrogens (tertiary/aromatic N) is 1. The van der Waals surface area contributed by atoms with Crippen molar-refractivity contribution in [2.75, 3.05) is 24.2 Å². The lowest BCUT2D eigenvalue weighted by molar-refractivity contribution is 0.105. The van der Waals surface area contributed by atoms with Gasteiger partial charge in [-0.05, 0) is 12.1 Å². The van der Waals surface area contributed by atoms with Gasteiger partial charge in [0, 0.05) is 6.54 Å². The smallest absolute Gasteiger partial charge is 0.106 e. The minimum Gasteiger partial charge on any atom is -0.395 e. The second-order valence-electron chi connectivity index (χ2n) is 3.44. The number of benzene rings is 1. The van der Waals surface area contributed by atoms with Gasteiger partial charge in [-0.1, -0.05) is 0 Å². The number of hydrogen-bond acceptors (Lipinski definition) is 6. The molecule has 0 fully saturated rings. The van der Waals surface area contributed by atoms with Crippen molar-refractivity contribution in [3.05, 3.63) is 17.6 Å². The molecule has 0 aliphatic heterocycles. The molecule has 5 N–H and O–H groups in total. The van der Waals surface area contributed by atoms with Crippen LogP contribution in [0.15, 0.2) is 17.6 Å². The van der Waals surface area contributed by atoms with Gasteiger partial charge >= 0.3 is 0 Å². The van der Waals surface area contributed by atoms with Gasteiger partial charge < -0.3 is 21.3 Å². The summed E-state index contributed by atoms with van der Waals surface area (Å²) in [6.07, 6.45) is -0.787. The van der Waals surface area contributed by atoms with Gasteiger partial charge in [-0.3, -0.25) is 0 Å². The quantitative estimate of drug-likeness (QED) is 0.588. The van der Waals surface area contributed by atoms with E-state index in [1.165, 1.54) is 11.3 Å². The van der Waals surface area contributed by atoms with Gasteiger partial charge in [0.2, 0.25) is 0 Å². The Balaban J connectivity index is 2.21. The average molecular weight is 239 g/mol. The van der Waals surface area contributed by atoms with E-state index in [1.807, 2.05) is 12.1 Å². The number of aromatic nitrogens is 1. The van der Waals surface area contributed by atoms with Crippen LogP contribution in [0, 0.1) is 0 Å². The zero-order valence-corrected chi connectivity index (χ0v) is 9.37. The molecule has 0 spiro atoms. The fraction of sp³-hybridized carbons (Fsp3) is 0.300. The molecule has 0 radical (unpaired) electrons. The summed E-state index contributed by atoms with van der Waals surface area (Å²) in [5, 5.41) is 20.9. The van der Waals surface area contributed by atoms with Crippen molar-refractivity contribution in [2.45, 2.75) is 6.10 Å². The molecule has 6 heteroatoms. The lowest BCUT2D eigenvalue weighted by atomic mass is 10.2. The zero-order valence-electron chi connectivity index (χ0n) is 8.55. The number of rotatable bonds is 4. The predicted molar refractivity (Wildman–Crippen MR) is 65.6 cm³/mol. The second kappa shape index (κ2) is 4.65. The molecule has 1 heterocycles. The summed E-state index contributed by atoms with van der Waals surface area (Å²) in [6.45, 7) is -0.0117.